The van der Waals surface area contributed by atoms with Gasteiger partial charge in [-0.3, -0.25) is 14.4 Å². The third kappa shape index (κ3) is 5.04. The van der Waals surface area contributed by atoms with E-state index >= 15 is 0 Å². The molecule has 0 unspecified atom stereocenters. The van der Waals surface area contributed by atoms with Crippen LogP contribution in [-0.2, 0) is 0 Å². The second-order valence-corrected chi connectivity index (χ2v) is 8.53. The van der Waals surface area contributed by atoms with Gasteiger partial charge in [0.25, 0.3) is 17.7 Å². The first-order valence-electron chi connectivity index (χ1n) is 11.5. The second-order valence-electron chi connectivity index (χ2n) is 8.53. The molecule has 0 atom stereocenters. The van der Waals surface area contributed by atoms with E-state index in [0.29, 0.717) is 36.8 Å². The molecule has 0 aliphatic carbocycles. The molecule has 180 valence electrons. The number of hydrogen-bond acceptors (Lipinski definition) is 5. The van der Waals surface area contributed by atoms with Gasteiger partial charge in [-0.15, -0.1) is 0 Å². The summed E-state index contributed by atoms with van der Waals surface area (Å²) >= 11 is 0. The number of imide groups is 1. The van der Waals surface area contributed by atoms with E-state index in [4.69, 9.17) is 9.47 Å². The quantitative estimate of drug-likeness (QED) is 0.446. The SMILES string of the molecule is CCOc1ccc(N2C(=O)c3ccc(C(=O)N(C)CCOc4cc(C)cc(C)c4)cc3C2=O)cc1. The first-order valence-corrected chi connectivity index (χ1v) is 11.5. The van der Waals surface area contributed by atoms with Crippen LogP contribution in [0.2, 0.25) is 0 Å². The Bertz CT molecular complexity index is 1260. The summed E-state index contributed by atoms with van der Waals surface area (Å²) in [5.41, 5.74) is 3.51. The average Bonchev–Trinajstić information content (AvgIpc) is 3.08. The number of rotatable bonds is 8. The van der Waals surface area contributed by atoms with E-state index in [1.54, 1.807) is 37.4 Å². The van der Waals surface area contributed by atoms with E-state index in [-0.39, 0.29) is 17.0 Å². The third-order valence-corrected chi connectivity index (χ3v) is 5.78. The lowest BCUT2D eigenvalue weighted by Crippen LogP contribution is -2.31. The van der Waals surface area contributed by atoms with Gasteiger partial charge < -0.3 is 14.4 Å². The number of aryl methyl sites for hydroxylation is 2. The van der Waals surface area contributed by atoms with Crippen molar-refractivity contribution >= 4 is 23.4 Å². The summed E-state index contributed by atoms with van der Waals surface area (Å²) in [4.78, 5) is 41.6. The molecular weight excluding hydrogens is 444 g/mol. The molecule has 7 heteroatoms. The van der Waals surface area contributed by atoms with Crippen LogP contribution in [0.5, 0.6) is 11.5 Å². The van der Waals surface area contributed by atoms with Crippen molar-refractivity contribution < 1.29 is 23.9 Å². The average molecular weight is 473 g/mol. The fourth-order valence-electron chi connectivity index (χ4n) is 4.11. The Hall–Kier alpha value is -4.13. The highest BCUT2D eigenvalue weighted by Crippen LogP contribution is 2.30. The number of carbonyl (C=O) groups excluding carboxylic acids is 3. The number of nitrogens with zero attached hydrogens (tertiary/aromatic N) is 2. The minimum absolute atomic E-state index is 0.217. The molecule has 3 aromatic rings. The molecule has 7 nitrogen and oxygen atoms in total. The van der Waals surface area contributed by atoms with E-state index in [9.17, 15) is 14.4 Å². The Morgan fingerprint density at radius 1 is 0.829 bits per heavy atom. The second kappa shape index (κ2) is 10.0. The number of likely N-dealkylation sites (N-methyl/N-ethyl adjacent to an activating group) is 1. The number of benzene rings is 3. The molecule has 1 heterocycles. The molecule has 0 N–H and O–H groups in total. The van der Waals surface area contributed by atoms with Crippen LogP contribution in [0, 0.1) is 13.8 Å². The Kier molecular flexibility index (Phi) is 6.87. The van der Waals surface area contributed by atoms with Crippen molar-refractivity contribution in [2.75, 3.05) is 31.7 Å². The standard InChI is InChI=1S/C28H28N2O5/c1-5-34-22-9-7-21(8-10-22)30-27(32)24-11-6-20(17-25(24)28(30)33)26(31)29(4)12-13-35-23-15-18(2)14-19(3)16-23/h6-11,14-17H,5,12-13H2,1-4H3. The lowest BCUT2D eigenvalue weighted by Gasteiger charge is -2.18. The maximum Gasteiger partial charge on any atom is 0.266 e. The fraction of sp³-hybridized carbons (Fsp3) is 0.250. The van der Waals surface area contributed by atoms with E-state index in [1.165, 1.54) is 17.0 Å². The van der Waals surface area contributed by atoms with Crippen molar-refractivity contribution in [3.05, 3.63) is 88.5 Å². The van der Waals surface area contributed by atoms with Gasteiger partial charge in [0, 0.05) is 12.6 Å². The Morgan fingerprint density at radius 2 is 1.49 bits per heavy atom. The smallest absolute Gasteiger partial charge is 0.266 e. The monoisotopic (exact) mass is 472 g/mol. The van der Waals surface area contributed by atoms with Gasteiger partial charge in [-0.1, -0.05) is 6.07 Å². The van der Waals surface area contributed by atoms with Crippen molar-refractivity contribution in [3.8, 4) is 11.5 Å². The molecule has 0 saturated heterocycles. The Morgan fingerprint density at radius 3 is 2.14 bits per heavy atom. The summed E-state index contributed by atoms with van der Waals surface area (Å²) in [6.07, 6.45) is 0. The molecule has 35 heavy (non-hydrogen) atoms. The van der Waals surface area contributed by atoms with Crippen LogP contribution < -0.4 is 14.4 Å². The summed E-state index contributed by atoms with van der Waals surface area (Å²) < 4.78 is 11.2. The first-order chi connectivity index (χ1) is 16.8. The summed E-state index contributed by atoms with van der Waals surface area (Å²) in [6.45, 7) is 7.12. The lowest BCUT2D eigenvalue weighted by molar-refractivity contribution is 0.0773. The van der Waals surface area contributed by atoms with Gasteiger partial charge in [0.05, 0.1) is 30.0 Å². The minimum atomic E-state index is -0.454. The highest BCUT2D eigenvalue weighted by Gasteiger charge is 2.37. The summed E-state index contributed by atoms with van der Waals surface area (Å²) in [6, 6.07) is 17.4. The zero-order chi connectivity index (χ0) is 25.1. The molecular formula is C28H28N2O5. The molecule has 0 fully saturated rings. The fourth-order valence-corrected chi connectivity index (χ4v) is 4.11. The molecule has 1 aliphatic heterocycles. The van der Waals surface area contributed by atoms with E-state index in [2.05, 4.69) is 6.07 Å². The molecule has 3 aromatic carbocycles. The normalized spacial score (nSPS) is 12.5. The molecule has 0 radical (unpaired) electrons. The zero-order valence-electron chi connectivity index (χ0n) is 20.3. The first kappa shape index (κ1) is 24.0. The maximum absolute atomic E-state index is 13.1. The van der Waals surface area contributed by atoms with Crippen LogP contribution in [0.4, 0.5) is 5.69 Å². The predicted molar refractivity (Wildman–Crippen MR) is 134 cm³/mol. The molecule has 0 aromatic heterocycles. The van der Waals surface area contributed by atoms with Crippen molar-refractivity contribution in [1.82, 2.24) is 4.90 Å². The highest BCUT2D eigenvalue weighted by atomic mass is 16.5. The van der Waals surface area contributed by atoms with Gasteiger partial charge in [-0.2, -0.15) is 0 Å². The third-order valence-electron chi connectivity index (χ3n) is 5.78. The van der Waals surface area contributed by atoms with Gasteiger partial charge in [0.15, 0.2) is 0 Å². The van der Waals surface area contributed by atoms with Gasteiger partial charge in [0.2, 0.25) is 0 Å². The minimum Gasteiger partial charge on any atom is -0.494 e. The number of amides is 3. The van der Waals surface area contributed by atoms with Crippen molar-refractivity contribution in [1.29, 1.82) is 0 Å². The molecule has 4 rings (SSSR count). The largest absolute Gasteiger partial charge is 0.494 e. The summed E-state index contributed by atoms with van der Waals surface area (Å²) in [5, 5.41) is 0. The molecule has 0 bridgehead atoms. The molecule has 0 spiro atoms. The van der Waals surface area contributed by atoms with Crippen molar-refractivity contribution in [2.24, 2.45) is 0 Å². The van der Waals surface area contributed by atoms with Crippen LogP contribution in [0.1, 0.15) is 49.1 Å². The van der Waals surface area contributed by atoms with E-state index in [0.717, 1.165) is 21.8 Å². The van der Waals surface area contributed by atoms with E-state index < -0.39 is 11.8 Å². The molecule has 0 saturated carbocycles. The Labute approximate surface area is 204 Å². The van der Waals surface area contributed by atoms with Crippen molar-refractivity contribution in [3.63, 3.8) is 0 Å². The van der Waals surface area contributed by atoms with Gasteiger partial charge >= 0.3 is 0 Å². The van der Waals surface area contributed by atoms with Gasteiger partial charge in [0.1, 0.15) is 18.1 Å². The van der Waals surface area contributed by atoms with Crippen molar-refractivity contribution in [2.45, 2.75) is 20.8 Å². The van der Waals surface area contributed by atoms with E-state index in [1.807, 2.05) is 32.9 Å². The topological polar surface area (TPSA) is 76.2 Å². The van der Waals surface area contributed by atoms with Crippen LogP contribution in [0.15, 0.2) is 60.7 Å². The highest BCUT2D eigenvalue weighted by molar-refractivity contribution is 6.34. The predicted octanol–water partition coefficient (Wildman–Crippen LogP) is 4.65. The number of hydrogen-bond donors (Lipinski definition) is 0. The number of ether oxygens (including phenoxy) is 2. The van der Waals surface area contributed by atoms with Crippen LogP contribution >= 0.6 is 0 Å². The van der Waals surface area contributed by atoms with Crippen LogP contribution in [0.3, 0.4) is 0 Å². The Balaban J connectivity index is 1.44. The van der Waals surface area contributed by atoms with Crippen LogP contribution in [0.25, 0.3) is 0 Å². The van der Waals surface area contributed by atoms with Gasteiger partial charge in [-0.05, 0) is 86.5 Å². The molecule has 1 aliphatic rings. The van der Waals surface area contributed by atoms with Crippen LogP contribution in [-0.4, -0.2) is 49.4 Å². The number of fused-ring (bicyclic) bond motifs is 1. The number of anilines is 1. The summed E-state index contributed by atoms with van der Waals surface area (Å²) in [5.74, 6) is 0.300. The number of carbonyl (C=O) groups is 3. The summed E-state index contributed by atoms with van der Waals surface area (Å²) in [7, 11) is 1.68. The maximum atomic E-state index is 13.1. The molecule has 3 amide bonds. The zero-order valence-corrected chi connectivity index (χ0v) is 20.3. The lowest BCUT2D eigenvalue weighted by atomic mass is 10.0. The van der Waals surface area contributed by atoms with Gasteiger partial charge in [-0.25, -0.2) is 4.90 Å².